The number of quaternary nitrogens is 1. The van der Waals surface area contributed by atoms with Crippen LogP contribution in [0.2, 0.25) is 0 Å². The summed E-state index contributed by atoms with van der Waals surface area (Å²) in [4.78, 5) is 14.8. The fraction of sp³-hybridized carbons (Fsp3) is 0.381. The Hall–Kier alpha value is -2.73. The highest BCUT2D eigenvalue weighted by atomic mass is 15.2. The third kappa shape index (κ3) is 4.34. The highest BCUT2D eigenvalue weighted by Gasteiger charge is 2.26. The Morgan fingerprint density at radius 2 is 1.74 bits per heavy atom. The van der Waals surface area contributed by atoms with Gasteiger partial charge < -0.3 is 16.0 Å². The maximum Gasteiger partial charge on any atom is 0.232 e. The number of likely N-dealkylation sites (tertiary alicyclic amines) is 1. The van der Waals surface area contributed by atoms with Crippen LogP contribution < -0.4 is 16.0 Å². The van der Waals surface area contributed by atoms with Crippen molar-refractivity contribution >= 4 is 28.4 Å². The van der Waals surface area contributed by atoms with Crippen molar-refractivity contribution in [2.45, 2.75) is 26.8 Å². The lowest BCUT2D eigenvalue weighted by molar-refractivity contribution is -0.926. The SMILES string of the molecule is C[C@H]1C[C@H](C)C[NH+](Cc2nc(N)nc(Nc3ccc4ccccc4c3)n2)C1. The van der Waals surface area contributed by atoms with E-state index < -0.39 is 0 Å². The van der Waals surface area contributed by atoms with E-state index in [1.54, 1.807) is 0 Å². The molecule has 0 amide bonds. The first-order valence-corrected chi connectivity index (χ1v) is 9.65. The number of nitrogens with two attached hydrogens (primary N) is 1. The van der Waals surface area contributed by atoms with Gasteiger partial charge in [0, 0.05) is 17.5 Å². The number of nitrogens with zero attached hydrogens (tertiary/aromatic N) is 3. The molecule has 1 aliphatic heterocycles. The first kappa shape index (κ1) is 17.7. The summed E-state index contributed by atoms with van der Waals surface area (Å²) in [5.41, 5.74) is 6.89. The second kappa shape index (κ2) is 7.48. The lowest BCUT2D eigenvalue weighted by Crippen LogP contribution is -3.13. The third-order valence-electron chi connectivity index (χ3n) is 5.19. The quantitative estimate of drug-likeness (QED) is 0.663. The standard InChI is InChI=1S/C21H26N6/c1-14-9-15(2)12-27(11-14)13-19-24-20(22)26-21(25-19)23-18-8-7-16-5-3-4-6-17(16)10-18/h3-8,10,14-15H,9,11-13H2,1-2H3,(H3,22,23,24,25,26)/p+1/t14-,15-/m0/s1. The zero-order valence-corrected chi connectivity index (χ0v) is 15.9. The van der Waals surface area contributed by atoms with Gasteiger partial charge in [-0.1, -0.05) is 44.2 Å². The van der Waals surface area contributed by atoms with Crippen LogP contribution in [-0.4, -0.2) is 28.0 Å². The van der Waals surface area contributed by atoms with Crippen molar-refractivity contribution < 1.29 is 4.90 Å². The maximum atomic E-state index is 5.95. The normalized spacial score (nSPS) is 22.7. The summed E-state index contributed by atoms with van der Waals surface area (Å²) < 4.78 is 0. The van der Waals surface area contributed by atoms with E-state index in [1.165, 1.54) is 22.1 Å². The van der Waals surface area contributed by atoms with Gasteiger partial charge in [-0.3, -0.25) is 0 Å². The van der Waals surface area contributed by atoms with Crippen LogP contribution in [0.5, 0.6) is 0 Å². The third-order valence-corrected chi connectivity index (χ3v) is 5.19. The predicted molar refractivity (Wildman–Crippen MR) is 109 cm³/mol. The summed E-state index contributed by atoms with van der Waals surface area (Å²) in [6.07, 6.45) is 1.30. The Balaban J connectivity index is 1.52. The van der Waals surface area contributed by atoms with Crippen molar-refractivity contribution in [2.75, 3.05) is 24.1 Å². The van der Waals surface area contributed by atoms with Gasteiger partial charge in [0.1, 0.15) is 6.54 Å². The summed E-state index contributed by atoms with van der Waals surface area (Å²) in [5, 5.41) is 5.66. The largest absolute Gasteiger partial charge is 0.368 e. The van der Waals surface area contributed by atoms with Crippen LogP contribution in [0, 0.1) is 11.8 Å². The number of anilines is 3. The van der Waals surface area contributed by atoms with Crippen molar-refractivity contribution in [2.24, 2.45) is 11.8 Å². The van der Waals surface area contributed by atoms with Crippen molar-refractivity contribution in [1.29, 1.82) is 0 Å². The molecule has 0 unspecified atom stereocenters. The molecule has 4 N–H and O–H groups in total. The fourth-order valence-corrected chi connectivity index (χ4v) is 4.26. The Labute approximate surface area is 159 Å². The van der Waals surface area contributed by atoms with E-state index in [-0.39, 0.29) is 5.95 Å². The topological polar surface area (TPSA) is 81.2 Å². The highest BCUT2D eigenvalue weighted by Crippen LogP contribution is 2.21. The number of benzene rings is 2. The Morgan fingerprint density at radius 1 is 1.00 bits per heavy atom. The van der Waals surface area contributed by atoms with Crippen molar-refractivity contribution in [3.63, 3.8) is 0 Å². The van der Waals surface area contributed by atoms with E-state index in [2.05, 4.69) is 58.4 Å². The summed E-state index contributed by atoms with van der Waals surface area (Å²) in [6.45, 7) is 7.74. The van der Waals surface area contributed by atoms with E-state index in [0.717, 1.165) is 43.0 Å². The number of nitrogen functional groups attached to an aromatic ring is 1. The van der Waals surface area contributed by atoms with Crippen LogP contribution in [-0.2, 0) is 6.54 Å². The van der Waals surface area contributed by atoms with Gasteiger partial charge in [0.2, 0.25) is 11.9 Å². The lowest BCUT2D eigenvalue weighted by atomic mass is 9.92. The minimum absolute atomic E-state index is 0.265. The van der Waals surface area contributed by atoms with Gasteiger partial charge in [-0.15, -0.1) is 0 Å². The maximum absolute atomic E-state index is 5.95. The number of piperidine rings is 1. The molecule has 6 heteroatoms. The van der Waals surface area contributed by atoms with Gasteiger partial charge in [0.15, 0.2) is 5.82 Å². The molecule has 0 bridgehead atoms. The molecule has 2 heterocycles. The molecule has 1 fully saturated rings. The average Bonchev–Trinajstić information content (AvgIpc) is 2.60. The van der Waals surface area contributed by atoms with E-state index >= 15 is 0 Å². The Morgan fingerprint density at radius 3 is 2.52 bits per heavy atom. The number of nitrogens with one attached hydrogen (secondary N) is 2. The molecule has 0 spiro atoms. The Kier molecular flexibility index (Phi) is 4.90. The minimum Gasteiger partial charge on any atom is -0.368 e. The van der Waals surface area contributed by atoms with Gasteiger partial charge in [0.05, 0.1) is 13.1 Å². The molecule has 0 aliphatic carbocycles. The highest BCUT2D eigenvalue weighted by molar-refractivity contribution is 5.86. The van der Waals surface area contributed by atoms with Gasteiger partial charge in [-0.25, -0.2) is 0 Å². The second-order valence-corrected chi connectivity index (χ2v) is 7.90. The summed E-state index contributed by atoms with van der Waals surface area (Å²) in [6, 6.07) is 14.5. The number of aromatic nitrogens is 3. The molecular formula is C21H27N6+. The van der Waals surface area contributed by atoms with Crippen LogP contribution in [0.4, 0.5) is 17.6 Å². The zero-order chi connectivity index (χ0) is 18.8. The predicted octanol–water partition coefficient (Wildman–Crippen LogP) is 2.41. The van der Waals surface area contributed by atoms with Crippen molar-refractivity contribution in [3.8, 4) is 0 Å². The fourth-order valence-electron chi connectivity index (χ4n) is 4.26. The molecule has 1 aliphatic rings. The van der Waals surface area contributed by atoms with Gasteiger partial charge in [0.25, 0.3) is 0 Å². The molecule has 27 heavy (non-hydrogen) atoms. The first-order valence-electron chi connectivity index (χ1n) is 9.65. The summed E-state index contributed by atoms with van der Waals surface area (Å²) in [7, 11) is 0. The zero-order valence-electron chi connectivity index (χ0n) is 15.9. The van der Waals surface area contributed by atoms with Gasteiger partial charge in [-0.2, -0.15) is 15.0 Å². The molecule has 1 saturated heterocycles. The van der Waals surface area contributed by atoms with Crippen molar-refractivity contribution in [3.05, 3.63) is 48.3 Å². The minimum atomic E-state index is 0.265. The van der Waals surface area contributed by atoms with Crippen LogP contribution in [0.15, 0.2) is 42.5 Å². The average molecular weight is 363 g/mol. The molecule has 4 rings (SSSR count). The molecule has 2 aromatic carbocycles. The molecule has 6 nitrogen and oxygen atoms in total. The molecule has 0 saturated carbocycles. The van der Waals surface area contributed by atoms with E-state index in [9.17, 15) is 0 Å². The van der Waals surface area contributed by atoms with Crippen LogP contribution in [0.1, 0.15) is 26.1 Å². The molecule has 1 aromatic heterocycles. The van der Waals surface area contributed by atoms with E-state index in [0.29, 0.717) is 5.95 Å². The van der Waals surface area contributed by atoms with Gasteiger partial charge in [-0.05, 0) is 29.3 Å². The smallest absolute Gasteiger partial charge is 0.232 e. The number of fused-ring (bicyclic) bond motifs is 1. The summed E-state index contributed by atoms with van der Waals surface area (Å²) in [5.74, 6) is 2.99. The van der Waals surface area contributed by atoms with Crippen LogP contribution in [0.3, 0.4) is 0 Å². The molecule has 0 radical (unpaired) electrons. The van der Waals surface area contributed by atoms with E-state index in [4.69, 9.17) is 5.73 Å². The number of hydrogen-bond donors (Lipinski definition) is 3. The molecule has 3 aromatic rings. The van der Waals surface area contributed by atoms with Crippen molar-refractivity contribution in [1.82, 2.24) is 15.0 Å². The van der Waals surface area contributed by atoms with E-state index in [1.807, 2.05) is 18.2 Å². The van der Waals surface area contributed by atoms with Gasteiger partial charge >= 0.3 is 0 Å². The van der Waals surface area contributed by atoms with Crippen LogP contribution >= 0.6 is 0 Å². The monoisotopic (exact) mass is 363 g/mol. The van der Waals surface area contributed by atoms with Crippen LogP contribution in [0.25, 0.3) is 10.8 Å². The Bertz CT molecular complexity index is 931. The number of rotatable bonds is 4. The first-order chi connectivity index (χ1) is 13.0. The lowest BCUT2D eigenvalue weighted by Gasteiger charge is -2.31. The molecule has 2 atom stereocenters. The number of hydrogen-bond acceptors (Lipinski definition) is 5. The molecule has 140 valence electrons. The molecular weight excluding hydrogens is 336 g/mol. The second-order valence-electron chi connectivity index (χ2n) is 7.90. The summed E-state index contributed by atoms with van der Waals surface area (Å²) >= 11 is 0.